The Labute approximate surface area is 115 Å². The summed E-state index contributed by atoms with van der Waals surface area (Å²) in [7, 11) is 0. The Kier molecular flexibility index (Phi) is 4.50. The molecule has 1 heterocycles. The highest BCUT2D eigenvalue weighted by Gasteiger charge is 2.26. The lowest BCUT2D eigenvalue weighted by molar-refractivity contribution is 0.0997. The lowest BCUT2D eigenvalue weighted by atomic mass is 9.80. The Morgan fingerprint density at radius 1 is 1.33 bits per heavy atom. The molecule has 100 valence electrons. The zero-order valence-corrected chi connectivity index (χ0v) is 12.2. The van der Waals surface area contributed by atoms with Crippen molar-refractivity contribution in [3.8, 4) is 5.75 Å². The molecule has 0 spiro atoms. The van der Waals surface area contributed by atoms with E-state index in [4.69, 9.17) is 16.3 Å². The molecule has 18 heavy (non-hydrogen) atoms. The second kappa shape index (κ2) is 5.92. The molecule has 3 heteroatoms. The van der Waals surface area contributed by atoms with Gasteiger partial charge in [0, 0.05) is 23.5 Å². The second-order valence-corrected chi connectivity index (χ2v) is 5.84. The summed E-state index contributed by atoms with van der Waals surface area (Å²) in [6.45, 7) is 6.64. The minimum absolute atomic E-state index is 0.333. The van der Waals surface area contributed by atoms with Crippen LogP contribution in [-0.2, 0) is 5.88 Å². The summed E-state index contributed by atoms with van der Waals surface area (Å²) in [5.41, 5.74) is 1.98. The summed E-state index contributed by atoms with van der Waals surface area (Å²) < 4.78 is 6.15. The second-order valence-electron chi connectivity index (χ2n) is 5.57. The largest absolute Gasteiger partial charge is 0.490 e. The van der Waals surface area contributed by atoms with Gasteiger partial charge in [-0.05, 0) is 38.0 Å². The molecule has 1 aromatic rings. The van der Waals surface area contributed by atoms with E-state index in [1.54, 1.807) is 0 Å². The first kappa shape index (κ1) is 13.7. The molecule has 0 saturated heterocycles. The number of pyridine rings is 1. The molecule has 1 saturated carbocycles. The van der Waals surface area contributed by atoms with Crippen LogP contribution < -0.4 is 4.74 Å². The fourth-order valence-electron chi connectivity index (χ4n) is 2.56. The lowest BCUT2D eigenvalue weighted by Crippen LogP contribution is -2.29. The Hall–Kier alpha value is -0.760. The highest BCUT2D eigenvalue weighted by atomic mass is 35.5. The summed E-state index contributed by atoms with van der Waals surface area (Å²) in [6, 6.07) is 2.00. The minimum Gasteiger partial charge on any atom is -0.490 e. The Morgan fingerprint density at radius 3 is 2.78 bits per heavy atom. The van der Waals surface area contributed by atoms with Gasteiger partial charge in [0.15, 0.2) is 0 Å². The quantitative estimate of drug-likeness (QED) is 0.761. The molecule has 1 aliphatic rings. The van der Waals surface area contributed by atoms with E-state index < -0.39 is 0 Å². The third-order valence-corrected chi connectivity index (χ3v) is 4.36. The van der Waals surface area contributed by atoms with Crippen molar-refractivity contribution < 1.29 is 4.74 Å². The van der Waals surface area contributed by atoms with E-state index in [0.29, 0.717) is 12.0 Å². The molecule has 2 nitrogen and oxygen atoms in total. The van der Waals surface area contributed by atoms with Crippen LogP contribution in [-0.4, -0.2) is 11.1 Å². The van der Waals surface area contributed by atoms with Crippen molar-refractivity contribution in [1.82, 2.24) is 4.98 Å². The summed E-state index contributed by atoms with van der Waals surface area (Å²) in [4.78, 5) is 4.27. The zero-order valence-electron chi connectivity index (χ0n) is 11.4. The van der Waals surface area contributed by atoms with Gasteiger partial charge in [0.1, 0.15) is 5.75 Å². The summed E-state index contributed by atoms with van der Waals surface area (Å²) in [5, 5.41) is 0. The molecule has 3 atom stereocenters. The maximum atomic E-state index is 6.15. The molecule has 0 radical (unpaired) electrons. The number of aromatic nitrogens is 1. The van der Waals surface area contributed by atoms with E-state index >= 15 is 0 Å². The first-order chi connectivity index (χ1) is 8.60. The van der Waals surface area contributed by atoms with Gasteiger partial charge in [0.2, 0.25) is 0 Å². The Morgan fingerprint density at radius 2 is 2.11 bits per heavy atom. The molecule has 0 bridgehead atoms. The van der Waals surface area contributed by atoms with Crippen LogP contribution in [0.5, 0.6) is 5.75 Å². The molecule has 0 N–H and O–H groups in total. The van der Waals surface area contributed by atoms with Gasteiger partial charge in [-0.3, -0.25) is 4.98 Å². The lowest BCUT2D eigenvalue weighted by Gasteiger charge is -2.32. The van der Waals surface area contributed by atoms with E-state index in [1.165, 1.54) is 6.42 Å². The van der Waals surface area contributed by atoms with E-state index in [0.717, 1.165) is 41.7 Å². The third kappa shape index (κ3) is 3.17. The number of ether oxygens (including phenoxy) is 1. The summed E-state index contributed by atoms with van der Waals surface area (Å²) >= 11 is 5.93. The van der Waals surface area contributed by atoms with Crippen molar-refractivity contribution in [2.45, 2.75) is 52.0 Å². The normalized spacial score (nSPS) is 28.1. The van der Waals surface area contributed by atoms with Crippen LogP contribution in [0.15, 0.2) is 12.3 Å². The highest BCUT2D eigenvalue weighted by Crippen LogP contribution is 2.33. The van der Waals surface area contributed by atoms with E-state index in [9.17, 15) is 0 Å². The molecule has 3 unspecified atom stereocenters. The number of aryl methyl sites for hydroxylation is 1. The van der Waals surface area contributed by atoms with Gasteiger partial charge in [0.05, 0.1) is 12.0 Å². The molecule has 0 amide bonds. The molecule has 2 rings (SSSR count). The predicted octanol–water partition coefficient (Wildman–Crippen LogP) is 4.33. The van der Waals surface area contributed by atoms with Gasteiger partial charge in [-0.15, -0.1) is 11.6 Å². The Bertz CT molecular complexity index is 407. The van der Waals surface area contributed by atoms with Gasteiger partial charge in [-0.25, -0.2) is 0 Å². The van der Waals surface area contributed by atoms with Gasteiger partial charge >= 0.3 is 0 Å². The van der Waals surface area contributed by atoms with Crippen LogP contribution in [0.3, 0.4) is 0 Å². The predicted molar refractivity (Wildman–Crippen MR) is 75.1 cm³/mol. The van der Waals surface area contributed by atoms with Crippen LogP contribution in [0.25, 0.3) is 0 Å². The maximum absolute atomic E-state index is 6.15. The van der Waals surface area contributed by atoms with Gasteiger partial charge in [-0.2, -0.15) is 0 Å². The highest BCUT2D eigenvalue weighted by molar-refractivity contribution is 6.17. The minimum atomic E-state index is 0.333. The average Bonchev–Trinajstić information content (AvgIpc) is 2.34. The molecule has 1 fully saturated rings. The summed E-state index contributed by atoms with van der Waals surface area (Å²) in [5.74, 6) is 2.94. The van der Waals surface area contributed by atoms with Crippen LogP contribution in [0.4, 0.5) is 0 Å². The van der Waals surface area contributed by atoms with E-state index in [2.05, 4.69) is 18.8 Å². The van der Waals surface area contributed by atoms with Crippen LogP contribution >= 0.6 is 11.6 Å². The third-order valence-electron chi connectivity index (χ3n) is 4.07. The fraction of sp³-hybridized carbons (Fsp3) is 0.667. The van der Waals surface area contributed by atoms with Crippen molar-refractivity contribution in [2.24, 2.45) is 11.8 Å². The average molecular weight is 268 g/mol. The number of hydrogen-bond acceptors (Lipinski definition) is 2. The van der Waals surface area contributed by atoms with Gasteiger partial charge in [0.25, 0.3) is 0 Å². The van der Waals surface area contributed by atoms with E-state index in [-0.39, 0.29) is 0 Å². The van der Waals surface area contributed by atoms with Crippen molar-refractivity contribution in [3.05, 3.63) is 23.5 Å². The molecule has 0 aromatic carbocycles. The van der Waals surface area contributed by atoms with Crippen molar-refractivity contribution >= 4 is 11.6 Å². The number of rotatable bonds is 3. The first-order valence-corrected chi connectivity index (χ1v) is 7.31. The van der Waals surface area contributed by atoms with Gasteiger partial charge in [-0.1, -0.05) is 13.8 Å². The van der Waals surface area contributed by atoms with Crippen LogP contribution in [0.2, 0.25) is 0 Å². The molecule has 1 aliphatic carbocycles. The Balaban J connectivity index is 2.07. The molecular weight excluding hydrogens is 246 g/mol. The number of nitrogens with zero attached hydrogens (tertiary/aromatic N) is 1. The fourth-order valence-corrected chi connectivity index (χ4v) is 2.76. The van der Waals surface area contributed by atoms with Crippen molar-refractivity contribution in [2.75, 3.05) is 0 Å². The monoisotopic (exact) mass is 267 g/mol. The summed E-state index contributed by atoms with van der Waals surface area (Å²) in [6.07, 6.45) is 5.71. The number of hydrogen-bond donors (Lipinski definition) is 0. The van der Waals surface area contributed by atoms with Crippen LogP contribution in [0.1, 0.15) is 44.4 Å². The topological polar surface area (TPSA) is 22.1 Å². The van der Waals surface area contributed by atoms with Crippen LogP contribution in [0, 0.1) is 18.8 Å². The standard InChI is InChI=1S/C15H22ClNO/c1-10-4-5-14(6-11(10)2)18-15-7-12(3)17-9-13(15)8-16/h7,9-11,14H,4-6,8H2,1-3H3. The number of alkyl halides is 1. The zero-order chi connectivity index (χ0) is 13.1. The van der Waals surface area contributed by atoms with Gasteiger partial charge < -0.3 is 4.74 Å². The molecule has 1 aromatic heterocycles. The van der Waals surface area contributed by atoms with Crippen molar-refractivity contribution in [1.29, 1.82) is 0 Å². The maximum Gasteiger partial charge on any atom is 0.127 e. The molecule has 0 aliphatic heterocycles. The number of halogens is 1. The first-order valence-electron chi connectivity index (χ1n) is 6.78. The SMILES string of the molecule is Cc1cc(OC2CCC(C)C(C)C2)c(CCl)cn1. The van der Waals surface area contributed by atoms with E-state index in [1.807, 2.05) is 19.2 Å². The van der Waals surface area contributed by atoms with Crippen molar-refractivity contribution in [3.63, 3.8) is 0 Å². The smallest absolute Gasteiger partial charge is 0.127 e. The molecular formula is C15H22ClNO.